The van der Waals surface area contributed by atoms with Gasteiger partial charge in [-0.15, -0.1) is 0 Å². The fraction of sp³-hybridized carbons (Fsp3) is 0.583. The molecule has 0 aromatic carbocycles. The van der Waals surface area contributed by atoms with Crippen molar-refractivity contribution < 1.29 is 47.2 Å². The molecule has 0 aliphatic rings. The Hall–Kier alpha value is -3.37. The van der Waals surface area contributed by atoms with Crippen LogP contribution in [0.4, 0.5) is 0 Å². The summed E-state index contributed by atoms with van der Waals surface area (Å²) in [5, 5.41) is 9.89. The smallest absolute Gasteiger partial charge is 0.306 e. The number of allylic oxidation sites excluding steroid dienone is 16. The van der Waals surface area contributed by atoms with E-state index >= 15 is 0 Å². The molecule has 0 rings (SSSR count). The zero-order chi connectivity index (χ0) is 43.7. The Kier molecular flexibility index (Phi) is 36.6. The summed E-state index contributed by atoms with van der Waals surface area (Å²) >= 11 is 0. The van der Waals surface area contributed by atoms with Crippen LogP contribution in [0.15, 0.2) is 109 Å². The largest absolute Gasteiger partial charge is 0.756 e. The summed E-state index contributed by atoms with van der Waals surface area (Å²) < 4.78 is 33.7. The maximum atomic E-state index is 12.7. The van der Waals surface area contributed by atoms with Gasteiger partial charge >= 0.3 is 11.9 Å². The Morgan fingerprint density at radius 3 is 1.76 bits per heavy atom. The molecule has 0 fully saturated rings. The molecule has 0 saturated heterocycles. The van der Waals surface area contributed by atoms with E-state index in [2.05, 4.69) is 80.7 Å². The Morgan fingerprint density at radius 2 is 1.17 bits per heavy atom. The number of unbranched alkanes of at least 4 members (excludes halogenated alkanes) is 5. The molecule has 0 saturated carbocycles. The SMILES string of the molecule is CC/C=C\C/C=C\C/C=C\C/C=C\C/C=C\C/C=C\CCC(=O)OC[C@H](COP(=O)([O-])OCC[N+](C)(C)C)OC(=O)CCCCCCC/C=C/C=C/C(O)C/C=C/CC. The molecule has 0 amide bonds. The van der Waals surface area contributed by atoms with Crippen molar-refractivity contribution in [3.8, 4) is 0 Å². The molecule has 59 heavy (non-hydrogen) atoms. The number of aliphatic hydroxyl groups is 1. The highest BCUT2D eigenvalue weighted by atomic mass is 31.2. The van der Waals surface area contributed by atoms with Crippen molar-refractivity contribution in [2.75, 3.05) is 47.5 Å². The van der Waals surface area contributed by atoms with Gasteiger partial charge in [0.15, 0.2) is 6.10 Å². The number of quaternary nitrogens is 1. The summed E-state index contributed by atoms with van der Waals surface area (Å²) in [4.78, 5) is 37.5. The van der Waals surface area contributed by atoms with Crippen LogP contribution in [0.1, 0.15) is 123 Å². The van der Waals surface area contributed by atoms with Gasteiger partial charge in [-0.1, -0.05) is 142 Å². The van der Waals surface area contributed by atoms with Crippen molar-refractivity contribution >= 4 is 19.8 Å². The van der Waals surface area contributed by atoms with E-state index in [0.717, 1.165) is 77.0 Å². The van der Waals surface area contributed by atoms with Gasteiger partial charge in [0.05, 0.1) is 33.9 Å². The van der Waals surface area contributed by atoms with Crippen LogP contribution in [0.25, 0.3) is 0 Å². The molecule has 3 atom stereocenters. The van der Waals surface area contributed by atoms with E-state index in [0.29, 0.717) is 30.3 Å². The number of carbonyl (C=O) groups is 2. The van der Waals surface area contributed by atoms with Crippen LogP contribution in [0, 0.1) is 0 Å². The quantitative estimate of drug-likeness (QED) is 0.0162. The van der Waals surface area contributed by atoms with E-state index in [9.17, 15) is 24.2 Å². The molecule has 0 aromatic heterocycles. The fourth-order valence-electron chi connectivity index (χ4n) is 5.01. The van der Waals surface area contributed by atoms with Crippen molar-refractivity contribution in [2.24, 2.45) is 0 Å². The number of ether oxygens (including phenoxy) is 2. The molecular formula is C48H78NO9P. The van der Waals surface area contributed by atoms with Gasteiger partial charge in [-0.05, 0) is 77.0 Å². The standard InChI is InChI=1S/C48H78NO9P/c1-6-8-10-11-12-13-14-15-16-17-18-19-20-21-22-25-28-31-35-39-47(51)55-43-46(44-57-59(53,54)56-42-41-49(3,4)5)58-48(52)40-36-32-29-26-23-24-27-30-34-38-45(50)37-33-9-7-2/h8-10,12-13,15-16,18-19,21-22,27-28,30-31,33-34,38,45-46,50H,6-7,11,14,17,20,23-26,29,32,35-37,39-44H2,1-5H3/b10-8-,13-12-,16-15-,19-18-,22-21-,30-27+,31-28-,33-9+,38-34+/t45?,46-/m1/s1. The Labute approximate surface area is 358 Å². The minimum Gasteiger partial charge on any atom is -0.756 e. The zero-order valence-electron chi connectivity index (χ0n) is 37.0. The number of likely N-dealkylation sites (N-methyl/N-ethyl adjacent to an activating group) is 1. The number of carbonyl (C=O) groups excluding carboxylic acids is 2. The van der Waals surface area contributed by atoms with Crippen LogP contribution < -0.4 is 4.89 Å². The normalized spacial score (nSPS) is 15.2. The second-order valence-electron chi connectivity index (χ2n) is 15.1. The first-order valence-corrected chi connectivity index (χ1v) is 23.2. The summed E-state index contributed by atoms with van der Waals surface area (Å²) in [6.45, 7) is 3.73. The maximum absolute atomic E-state index is 12.7. The first-order valence-electron chi connectivity index (χ1n) is 21.7. The van der Waals surface area contributed by atoms with Crippen LogP contribution in [-0.4, -0.2) is 81.2 Å². The number of hydrogen-bond acceptors (Lipinski definition) is 9. The highest BCUT2D eigenvalue weighted by Crippen LogP contribution is 2.38. The molecule has 0 bridgehead atoms. The number of aliphatic hydroxyl groups excluding tert-OH is 1. The molecule has 0 heterocycles. The summed E-state index contributed by atoms with van der Waals surface area (Å²) in [7, 11) is 1.06. The lowest BCUT2D eigenvalue weighted by Gasteiger charge is -2.28. The minimum atomic E-state index is -4.67. The summed E-state index contributed by atoms with van der Waals surface area (Å²) in [6.07, 6.45) is 48.9. The number of hydrogen-bond donors (Lipinski definition) is 1. The van der Waals surface area contributed by atoms with Gasteiger partial charge in [0.2, 0.25) is 0 Å². The van der Waals surface area contributed by atoms with E-state index in [4.69, 9.17) is 18.5 Å². The van der Waals surface area contributed by atoms with Crippen LogP contribution in [-0.2, 0) is 32.7 Å². The molecule has 10 nitrogen and oxygen atoms in total. The number of phosphoric acid groups is 1. The molecule has 334 valence electrons. The van der Waals surface area contributed by atoms with Crippen molar-refractivity contribution in [1.82, 2.24) is 0 Å². The van der Waals surface area contributed by atoms with Gasteiger partial charge in [0.25, 0.3) is 7.82 Å². The number of rotatable bonds is 37. The lowest BCUT2D eigenvalue weighted by molar-refractivity contribution is -0.870. The first-order chi connectivity index (χ1) is 28.4. The predicted octanol–water partition coefficient (Wildman–Crippen LogP) is 10.7. The van der Waals surface area contributed by atoms with E-state index in [1.54, 1.807) is 6.08 Å². The predicted molar refractivity (Wildman–Crippen MR) is 241 cm³/mol. The Bertz CT molecular complexity index is 1380. The second kappa shape index (κ2) is 38.8. The van der Waals surface area contributed by atoms with Crippen LogP contribution in [0.5, 0.6) is 0 Å². The average Bonchev–Trinajstić information content (AvgIpc) is 3.18. The van der Waals surface area contributed by atoms with Gasteiger partial charge < -0.3 is 33.0 Å². The van der Waals surface area contributed by atoms with Crippen LogP contribution >= 0.6 is 7.82 Å². The molecule has 11 heteroatoms. The van der Waals surface area contributed by atoms with Crippen LogP contribution in [0.2, 0.25) is 0 Å². The maximum Gasteiger partial charge on any atom is 0.306 e. The van der Waals surface area contributed by atoms with Gasteiger partial charge in [0, 0.05) is 12.8 Å². The molecule has 1 N–H and O–H groups in total. The van der Waals surface area contributed by atoms with E-state index in [1.165, 1.54) is 0 Å². The van der Waals surface area contributed by atoms with Crippen molar-refractivity contribution in [2.45, 2.75) is 135 Å². The molecule has 0 aliphatic carbocycles. The fourth-order valence-corrected chi connectivity index (χ4v) is 5.74. The third-order valence-electron chi connectivity index (χ3n) is 8.38. The zero-order valence-corrected chi connectivity index (χ0v) is 37.9. The van der Waals surface area contributed by atoms with Crippen LogP contribution in [0.3, 0.4) is 0 Å². The lowest BCUT2D eigenvalue weighted by Crippen LogP contribution is -2.37. The molecule has 0 aliphatic heterocycles. The third kappa shape index (κ3) is 42.6. The van der Waals surface area contributed by atoms with Gasteiger partial charge in [0.1, 0.15) is 19.8 Å². The van der Waals surface area contributed by atoms with E-state index in [-0.39, 0.29) is 26.1 Å². The third-order valence-corrected chi connectivity index (χ3v) is 9.35. The molecule has 0 aromatic rings. The van der Waals surface area contributed by atoms with E-state index in [1.807, 2.05) is 57.6 Å². The monoisotopic (exact) mass is 844 g/mol. The van der Waals surface area contributed by atoms with Gasteiger partial charge in [-0.3, -0.25) is 14.2 Å². The van der Waals surface area contributed by atoms with Gasteiger partial charge in [-0.2, -0.15) is 0 Å². The molecular weight excluding hydrogens is 765 g/mol. The number of nitrogens with zero attached hydrogens (tertiary/aromatic N) is 1. The van der Waals surface area contributed by atoms with Gasteiger partial charge in [-0.25, -0.2) is 0 Å². The second-order valence-corrected chi connectivity index (χ2v) is 16.6. The lowest BCUT2D eigenvalue weighted by atomic mass is 10.1. The van der Waals surface area contributed by atoms with Crippen molar-refractivity contribution in [3.63, 3.8) is 0 Å². The molecule has 0 radical (unpaired) electrons. The minimum absolute atomic E-state index is 0.0625. The first kappa shape index (κ1) is 55.6. The Morgan fingerprint density at radius 1 is 0.627 bits per heavy atom. The highest BCUT2D eigenvalue weighted by Gasteiger charge is 2.21. The molecule has 2 unspecified atom stereocenters. The topological polar surface area (TPSA) is 131 Å². The average molecular weight is 844 g/mol. The van der Waals surface area contributed by atoms with Crippen molar-refractivity contribution in [1.29, 1.82) is 0 Å². The number of phosphoric ester groups is 1. The van der Waals surface area contributed by atoms with E-state index < -0.39 is 38.6 Å². The Balaban J connectivity index is 4.58. The summed E-state index contributed by atoms with van der Waals surface area (Å²) in [5.74, 6) is -1.00. The molecule has 0 spiro atoms. The summed E-state index contributed by atoms with van der Waals surface area (Å²) in [6, 6.07) is 0. The highest BCUT2D eigenvalue weighted by molar-refractivity contribution is 7.45. The van der Waals surface area contributed by atoms with Crippen molar-refractivity contribution in [3.05, 3.63) is 109 Å². The number of esters is 2. The summed E-state index contributed by atoms with van der Waals surface area (Å²) in [5.41, 5.74) is 0.